The minimum absolute atomic E-state index is 0.0133. The van der Waals surface area contributed by atoms with E-state index < -0.39 is 15.6 Å². The van der Waals surface area contributed by atoms with Gasteiger partial charge in [0.25, 0.3) is 10.0 Å². The molecule has 4 nitrogen and oxygen atoms in total. The third-order valence-corrected chi connectivity index (χ3v) is 8.32. The molecule has 0 amide bonds. The molecule has 0 aromatic heterocycles. The molecule has 3 aromatic carbocycles. The number of fused-ring (bicyclic) bond motifs is 3. The summed E-state index contributed by atoms with van der Waals surface area (Å²) in [7, 11) is -3.87. The molecule has 6 heteroatoms. The average Bonchev–Trinajstić information content (AvgIpc) is 3.22. The van der Waals surface area contributed by atoms with Crippen LogP contribution in [0.25, 0.3) is 0 Å². The van der Waals surface area contributed by atoms with Crippen molar-refractivity contribution in [1.82, 2.24) is 0 Å². The molecule has 1 aliphatic carbocycles. The summed E-state index contributed by atoms with van der Waals surface area (Å²) in [6.07, 6.45) is -0.289. The number of aryl methyl sites for hydroxylation is 1. The lowest BCUT2D eigenvalue weighted by molar-refractivity contribution is -0.0248. The second-order valence-corrected chi connectivity index (χ2v) is 11.6. The van der Waals surface area contributed by atoms with Crippen LogP contribution < -0.4 is 0 Å². The van der Waals surface area contributed by atoms with Crippen LogP contribution in [0.1, 0.15) is 48.1 Å². The van der Waals surface area contributed by atoms with Crippen LogP contribution in [0.2, 0.25) is 0 Å². The van der Waals surface area contributed by atoms with Gasteiger partial charge in [0.15, 0.2) is 0 Å². The van der Waals surface area contributed by atoms with E-state index in [1.165, 1.54) is 0 Å². The smallest absolute Gasteiger partial charge is 0.282 e. The molecule has 2 aliphatic rings. The minimum atomic E-state index is -3.87. The molecule has 0 bridgehead atoms. The summed E-state index contributed by atoms with van der Waals surface area (Å²) in [5.41, 5.74) is 4.14. The van der Waals surface area contributed by atoms with Gasteiger partial charge in [-0.1, -0.05) is 70.0 Å². The fraction of sp³-hybridized carbons (Fsp3) is 0.269. The van der Waals surface area contributed by atoms with E-state index in [0.29, 0.717) is 5.71 Å². The van der Waals surface area contributed by atoms with Crippen LogP contribution >= 0.6 is 15.9 Å². The lowest BCUT2D eigenvalue weighted by Crippen LogP contribution is -2.26. The Balaban J connectivity index is 1.69. The van der Waals surface area contributed by atoms with E-state index in [2.05, 4.69) is 40.2 Å². The van der Waals surface area contributed by atoms with Gasteiger partial charge >= 0.3 is 0 Å². The number of ether oxygens (including phenoxy) is 1. The third-order valence-electron chi connectivity index (χ3n) is 6.49. The molecule has 32 heavy (non-hydrogen) atoms. The summed E-state index contributed by atoms with van der Waals surface area (Å²) in [4.78, 5) is 0.204. The summed E-state index contributed by atoms with van der Waals surface area (Å²) in [5, 5.41) is 0. The van der Waals surface area contributed by atoms with Gasteiger partial charge in [0.05, 0.1) is 22.3 Å². The topological polar surface area (TPSA) is 55.7 Å². The zero-order chi connectivity index (χ0) is 22.7. The van der Waals surface area contributed by atoms with Gasteiger partial charge in [0, 0.05) is 21.9 Å². The number of hydrogen-bond acceptors (Lipinski definition) is 3. The first kappa shape index (κ1) is 21.6. The zero-order valence-electron chi connectivity index (χ0n) is 18.1. The van der Waals surface area contributed by atoms with E-state index in [4.69, 9.17) is 4.74 Å². The number of hydrogen-bond donors (Lipinski definition) is 0. The molecule has 0 N–H and O–H groups in total. The van der Waals surface area contributed by atoms with Crippen LogP contribution in [0.15, 0.2) is 86.6 Å². The number of rotatable bonds is 3. The quantitative estimate of drug-likeness (QED) is 0.422. The Kier molecular flexibility index (Phi) is 5.15. The van der Waals surface area contributed by atoms with E-state index in [1.54, 1.807) is 24.3 Å². The summed E-state index contributed by atoms with van der Waals surface area (Å²) in [5.74, 6) is -0.178. The van der Waals surface area contributed by atoms with Gasteiger partial charge < -0.3 is 4.74 Å². The van der Waals surface area contributed by atoms with Gasteiger partial charge in [-0.05, 0) is 56.2 Å². The first-order valence-corrected chi connectivity index (χ1v) is 12.8. The van der Waals surface area contributed by atoms with Crippen molar-refractivity contribution in [2.45, 2.75) is 43.3 Å². The molecule has 0 saturated carbocycles. The first-order chi connectivity index (χ1) is 15.2. The van der Waals surface area contributed by atoms with Crippen molar-refractivity contribution in [3.63, 3.8) is 0 Å². The van der Waals surface area contributed by atoms with E-state index >= 15 is 0 Å². The molecule has 1 fully saturated rings. The van der Waals surface area contributed by atoms with E-state index in [1.807, 2.05) is 49.4 Å². The molecule has 3 aromatic rings. The highest BCUT2D eigenvalue weighted by atomic mass is 79.9. The molecule has 0 unspecified atom stereocenters. The Morgan fingerprint density at radius 3 is 2.28 bits per heavy atom. The van der Waals surface area contributed by atoms with Crippen molar-refractivity contribution in [3.05, 3.63) is 99.5 Å². The molecule has 1 aliphatic heterocycles. The van der Waals surface area contributed by atoms with E-state index in [-0.39, 0.29) is 22.8 Å². The Hall–Kier alpha value is -2.28. The van der Waals surface area contributed by atoms with Gasteiger partial charge in [-0.25, -0.2) is 0 Å². The van der Waals surface area contributed by atoms with Gasteiger partial charge in [0.1, 0.15) is 0 Å². The van der Waals surface area contributed by atoms with Gasteiger partial charge in [-0.3, -0.25) is 0 Å². The monoisotopic (exact) mass is 509 g/mol. The van der Waals surface area contributed by atoms with E-state index in [9.17, 15) is 8.42 Å². The molecule has 1 heterocycles. The number of sulfonamides is 1. The van der Waals surface area contributed by atoms with Crippen LogP contribution in [-0.2, 0) is 14.8 Å². The highest BCUT2D eigenvalue weighted by Crippen LogP contribution is 2.58. The normalized spacial score (nSPS) is 25.0. The van der Waals surface area contributed by atoms with E-state index in [0.717, 1.165) is 26.7 Å². The van der Waals surface area contributed by atoms with Crippen molar-refractivity contribution in [1.29, 1.82) is 0 Å². The predicted molar refractivity (Wildman–Crippen MR) is 130 cm³/mol. The lowest BCUT2D eigenvalue weighted by atomic mass is 9.79. The fourth-order valence-electron chi connectivity index (χ4n) is 5.06. The molecule has 5 rings (SSSR count). The van der Waals surface area contributed by atoms with Gasteiger partial charge in [-0.15, -0.1) is 0 Å². The third kappa shape index (κ3) is 3.54. The fourth-order valence-corrected chi connectivity index (χ4v) is 6.39. The number of benzene rings is 3. The Morgan fingerprint density at radius 1 is 0.938 bits per heavy atom. The van der Waals surface area contributed by atoms with Crippen molar-refractivity contribution < 1.29 is 13.2 Å². The van der Waals surface area contributed by atoms with Gasteiger partial charge in [0.2, 0.25) is 0 Å². The van der Waals surface area contributed by atoms with Crippen LogP contribution in [0.5, 0.6) is 0 Å². The SMILES string of the molecule is Cc1ccc(S(=O)(=O)/N=C2\c3ccccc3[C@H]3[C@@H]2[C@@H](c2ccc(Br)cc2)OC3(C)C)cc1. The average molecular weight is 510 g/mol. The molecular weight excluding hydrogens is 486 g/mol. The Labute approximate surface area is 197 Å². The maximum Gasteiger partial charge on any atom is 0.282 e. The Bertz CT molecular complexity index is 1310. The lowest BCUT2D eigenvalue weighted by Gasteiger charge is -2.26. The van der Waals surface area contributed by atoms with Crippen LogP contribution in [0.4, 0.5) is 0 Å². The summed E-state index contributed by atoms with van der Waals surface area (Å²) in [6.45, 7) is 6.09. The molecule has 0 spiro atoms. The van der Waals surface area contributed by atoms with Crippen LogP contribution in [0, 0.1) is 12.8 Å². The van der Waals surface area contributed by atoms with Crippen LogP contribution in [-0.4, -0.2) is 19.7 Å². The zero-order valence-corrected chi connectivity index (χ0v) is 20.5. The maximum absolute atomic E-state index is 13.3. The summed E-state index contributed by atoms with van der Waals surface area (Å²) in [6, 6.07) is 22.9. The van der Waals surface area contributed by atoms with Crippen molar-refractivity contribution in [2.24, 2.45) is 10.3 Å². The first-order valence-electron chi connectivity index (χ1n) is 10.6. The van der Waals surface area contributed by atoms with Crippen molar-refractivity contribution in [3.8, 4) is 0 Å². The summed E-state index contributed by atoms with van der Waals surface area (Å²) >= 11 is 3.49. The van der Waals surface area contributed by atoms with Crippen molar-refractivity contribution in [2.75, 3.05) is 0 Å². The molecule has 164 valence electrons. The molecular formula is C26H24BrNO3S. The molecule has 3 atom stereocenters. The van der Waals surface area contributed by atoms with Crippen LogP contribution in [0.3, 0.4) is 0 Å². The minimum Gasteiger partial charge on any atom is -0.366 e. The largest absolute Gasteiger partial charge is 0.366 e. The standard InChI is InChI=1S/C26H24BrNO3S/c1-16-8-14-19(15-9-16)32(29,30)28-24-21-7-5-4-6-20(21)23-22(24)25(31-26(23,2)3)17-10-12-18(27)13-11-17/h4-15,22-23,25H,1-3H3/b28-24+/t22-,23-,25+/m0/s1. The Morgan fingerprint density at radius 2 is 1.59 bits per heavy atom. The summed E-state index contributed by atoms with van der Waals surface area (Å²) < 4.78 is 38.6. The number of nitrogens with zero attached hydrogens (tertiary/aromatic N) is 1. The highest BCUT2D eigenvalue weighted by molar-refractivity contribution is 9.10. The second-order valence-electron chi connectivity index (χ2n) is 9.05. The highest BCUT2D eigenvalue weighted by Gasteiger charge is 2.57. The molecule has 1 saturated heterocycles. The maximum atomic E-state index is 13.3. The van der Waals surface area contributed by atoms with Crippen molar-refractivity contribution >= 4 is 31.7 Å². The molecule has 0 radical (unpaired) electrons. The predicted octanol–water partition coefficient (Wildman–Crippen LogP) is 6.20. The number of halogens is 1. The second kappa shape index (κ2) is 7.65. The van der Waals surface area contributed by atoms with Gasteiger partial charge in [-0.2, -0.15) is 12.8 Å².